The molecule has 0 radical (unpaired) electrons. The normalized spacial score (nSPS) is 38.4. The first kappa shape index (κ1) is 12.9. The highest BCUT2D eigenvalue weighted by atomic mass is 16.2. The average Bonchev–Trinajstić information content (AvgIpc) is 2.61. The van der Waals surface area contributed by atoms with Crippen LogP contribution < -0.4 is 5.73 Å². The summed E-state index contributed by atoms with van der Waals surface area (Å²) in [7, 11) is 0. The maximum Gasteiger partial charge on any atom is 0.223 e. The number of nitrogens with zero attached hydrogens (tertiary/aromatic N) is 1. The highest BCUT2D eigenvalue weighted by Gasteiger charge is 2.31. The van der Waals surface area contributed by atoms with Gasteiger partial charge in [-0.2, -0.15) is 0 Å². The van der Waals surface area contributed by atoms with Crippen LogP contribution >= 0.6 is 0 Å². The van der Waals surface area contributed by atoms with Crippen molar-refractivity contribution in [3.05, 3.63) is 0 Å². The van der Waals surface area contributed by atoms with Crippen LogP contribution in [0, 0.1) is 11.8 Å². The van der Waals surface area contributed by atoms with Crippen LogP contribution in [0.3, 0.4) is 0 Å². The van der Waals surface area contributed by atoms with Crippen molar-refractivity contribution in [1.82, 2.24) is 4.90 Å². The van der Waals surface area contributed by atoms with Crippen molar-refractivity contribution in [1.29, 1.82) is 0 Å². The van der Waals surface area contributed by atoms with Crippen LogP contribution in [0.25, 0.3) is 0 Å². The van der Waals surface area contributed by atoms with Crippen LogP contribution in [-0.2, 0) is 4.79 Å². The van der Waals surface area contributed by atoms with Crippen LogP contribution in [0.4, 0.5) is 0 Å². The monoisotopic (exact) mass is 238 g/mol. The molecule has 2 fully saturated rings. The molecule has 0 aromatic carbocycles. The van der Waals surface area contributed by atoms with Crippen LogP contribution in [0.5, 0.6) is 0 Å². The molecule has 1 heterocycles. The minimum atomic E-state index is 0.377. The first-order chi connectivity index (χ1) is 8.06. The highest BCUT2D eigenvalue weighted by Crippen LogP contribution is 2.29. The Morgan fingerprint density at radius 3 is 2.41 bits per heavy atom. The number of nitrogens with two attached hydrogens (primary N) is 1. The second-order valence-corrected chi connectivity index (χ2v) is 6.22. The minimum absolute atomic E-state index is 0.377. The maximum atomic E-state index is 12.2. The van der Waals surface area contributed by atoms with Gasteiger partial charge < -0.3 is 10.6 Å². The lowest BCUT2D eigenvalue weighted by Gasteiger charge is -2.28. The van der Waals surface area contributed by atoms with Gasteiger partial charge in [-0.25, -0.2) is 0 Å². The molecule has 1 aliphatic carbocycles. The molecule has 2 unspecified atom stereocenters. The van der Waals surface area contributed by atoms with Crippen molar-refractivity contribution < 1.29 is 4.79 Å². The topological polar surface area (TPSA) is 46.3 Å². The Morgan fingerprint density at radius 2 is 1.88 bits per heavy atom. The molecule has 0 spiro atoms. The molecule has 0 aromatic heterocycles. The van der Waals surface area contributed by atoms with Gasteiger partial charge in [-0.15, -0.1) is 0 Å². The van der Waals surface area contributed by atoms with Gasteiger partial charge in [-0.3, -0.25) is 4.79 Å². The molecule has 2 N–H and O–H groups in total. The number of amides is 1. The third kappa shape index (κ3) is 3.21. The molecular weight excluding hydrogens is 212 g/mol. The first-order valence-corrected chi connectivity index (χ1v) is 7.11. The quantitative estimate of drug-likeness (QED) is 0.801. The van der Waals surface area contributed by atoms with Gasteiger partial charge in [-0.1, -0.05) is 6.92 Å². The Balaban J connectivity index is 1.81. The zero-order chi connectivity index (χ0) is 12.4. The summed E-state index contributed by atoms with van der Waals surface area (Å²) in [5, 5.41) is 0. The van der Waals surface area contributed by atoms with Crippen LogP contribution in [-0.4, -0.2) is 29.4 Å². The summed E-state index contributed by atoms with van der Waals surface area (Å²) >= 11 is 0. The van der Waals surface area contributed by atoms with Gasteiger partial charge in [-0.05, 0) is 50.9 Å². The predicted molar refractivity (Wildman–Crippen MR) is 69.5 cm³/mol. The zero-order valence-corrected chi connectivity index (χ0v) is 11.2. The van der Waals surface area contributed by atoms with Crippen molar-refractivity contribution in [3.63, 3.8) is 0 Å². The fraction of sp³-hybridized carbons (Fsp3) is 0.929. The summed E-state index contributed by atoms with van der Waals surface area (Å²) in [6.45, 7) is 5.38. The van der Waals surface area contributed by atoms with Crippen molar-refractivity contribution in [2.45, 2.75) is 64.5 Å². The fourth-order valence-electron chi connectivity index (χ4n) is 3.40. The van der Waals surface area contributed by atoms with E-state index in [9.17, 15) is 4.79 Å². The summed E-state index contributed by atoms with van der Waals surface area (Å²) in [4.78, 5) is 14.3. The Hall–Kier alpha value is -0.570. The van der Waals surface area contributed by atoms with Gasteiger partial charge in [0.25, 0.3) is 0 Å². The molecule has 1 saturated carbocycles. The fourth-order valence-corrected chi connectivity index (χ4v) is 3.40. The molecule has 1 amide bonds. The van der Waals surface area contributed by atoms with Crippen LogP contribution in [0.15, 0.2) is 0 Å². The molecule has 98 valence electrons. The third-order valence-electron chi connectivity index (χ3n) is 4.46. The maximum absolute atomic E-state index is 12.2. The number of carbonyl (C=O) groups excluding carboxylic acids is 1. The second-order valence-electron chi connectivity index (χ2n) is 6.22. The van der Waals surface area contributed by atoms with Gasteiger partial charge >= 0.3 is 0 Å². The molecular formula is C14H26N2O. The Labute approximate surface area is 105 Å². The molecule has 3 nitrogen and oxygen atoms in total. The number of hydrogen-bond donors (Lipinski definition) is 1. The average molecular weight is 238 g/mol. The van der Waals surface area contributed by atoms with Gasteiger partial charge in [0.05, 0.1) is 0 Å². The van der Waals surface area contributed by atoms with E-state index < -0.39 is 0 Å². The summed E-state index contributed by atoms with van der Waals surface area (Å²) < 4.78 is 0. The molecule has 2 rings (SSSR count). The lowest BCUT2D eigenvalue weighted by molar-refractivity contribution is -0.133. The largest absolute Gasteiger partial charge is 0.340 e. The number of hydrogen-bond acceptors (Lipinski definition) is 2. The van der Waals surface area contributed by atoms with Gasteiger partial charge in [0.15, 0.2) is 0 Å². The van der Waals surface area contributed by atoms with E-state index in [0.29, 0.717) is 29.8 Å². The Bertz CT molecular complexity index is 271. The molecule has 0 bridgehead atoms. The molecule has 17 heavy (non-hydrogen) atoms. The third-order valence-corrected chi connectivity index (χ3v) is 4.46. The Morgan fingerprint density at radius 1 is 1.24 bits per heavy atom. The van der Waals surface area contributed by atoms with Gasteiger partial charge in [0.1, 0.15) is 0 Å². The van der Waals surface area contributed by atoms with E-state index in [1.165, 1.54) is 6.42 Å². The molecule has 3 heteroatoms. The van der Waals surface area contributed by atoms with E-state index in [1.54, 1.807) is 0 Å². The van der Waals surface area contributed by atoms with Crippen LogP contribution in [0.1, 0.15) is 52.4 Å². The molecule has 0 aromatic rings. The molecule has 2 aliphatic rings. The van der Waals surface area contributed by atoms with Crippen molar-refractivity contribution in [3.8, 4) is 0 Å². The number of carbonyl (C=O) groups is 1. The first-order valence-electron chi connectivity index (χ1n) is 7.11. The second kappa shape index (κ2) is 5.38. The zero-order valence-electron chi connectivity index (χ0n) is 11.2. The van der Waals surface area contributed by atoms with E-state index in [0.717, 1.165) is 38.6 Å². The molecule has 1 saturated heterocycles. The van der Waals surface area contributed by atoms with E-state index in [1.807, 2.05) is 0 Å². The standard InChI is InChI=1S/C14H26N2O/c1-10-7-11(2)16(9-10)14(17)8-12-3-5-13(15)6-4-12/h10-13H,3-9,15H2,1-2H3. The van der Waals surface area contributed by atoms with Crippen LogP contribution in [0.2, 0.25) is 0 Å². The van der Waals surface area contributed by atoms with E-state index >= 15 is 0 Å². The van der Waals surface area contributed by atoms with Crippen molar-refractivity contribution in [2.24, 2.45) is 17.6 Å². The van der Waals surface area contributed by atoms with Crippen molar-refractivity contribution >= 4 is 5.91 Å². The van der Waals surface area contributed by atoms with Gasteiger partial charge in [0.2, 0.25) is 5.91 Å². The summed E-state index contributed by atoms with van der Waals surface area (Å²) in [5.74, 6) is 1.64. The van der Waals surface area contributed by atoms with E-state index in [-0.39, 0.29) is 0 Å². The van der Waals surface area contributed by atoms with E-state index in [4.69, 9.17) is 5.73 Å². The number of likely N-dealkylation sites (tertiary alicyclic amines) is 1. The smallest absolute Gasteiger partial charge is 0.223 e. The lowest BCUT2D eigenvalue weighted by atomic mass is 9.84. The van der Waals surface area contributed by atoms with E-state index in [2.05, 4.69) is 18.7 Å². The summed E-state index contributed by atoms with van der Waals surface area (Å²) in [6, 6.07) is 0.829. The lowest BCUT2D eigenvalue weighted by Crippen LogP contribution is -2.36. The predicted octanol–water partition coefficient (Wildman–Crippen LogP) is 2.15. The van der Waals surface area contributed by atoms with Gasteiger partial charge in [0, 0.05) is 25.0 Å². The summed E-state index contributed by atoms with van der Waals surface area (Å²) in [5.41, 5.74) is 5.89. The van der Waals surface area contributed by atoms with Crippen molar-refractivity contribution in [2.75, 3.05) is 6.54 Å². The number of rotatable bonds is 2. The minimum Gasteiger partial charge on any atom is -0.340 e. The molecule has 1 aliphatic heterocycles. The highest BCUT2D eigenvalue weighted by molar-refractivity contribution is 5.77. The SMILES string of the molecule is CC1CC(C)N(C(=O)CC2CCC(N)CC2)C1. The summed E-state index contributed by atoms with van der Waals surface area (Å²) in [6.07, 6.45) is 6.41. The Kier molecular flexibility index (Phi) is 4.08. The molecule has 2 atom stereocenters.